The maximum absolute atomic E-state index is 11.2. The molecule has 0 N–H and O–H groups in total. The smallest absolute Gasteiger partial charge is 0.302 e. The Morgan fingerprint density at radius 3 is 2.71 bits per heavy atom. The molecule has 1 aliphatic heterocycles. The van der Waals surface area contributed by atoms with Crippen LogP contribution in [-0.4, -0.2) is 46.6 Å². The molecule has 0 aliphatic carbocycles. The molecule has 136 valence electrons. The maximum atomic E-state index is 11.2. The Bertz CT molecular complexity index is 577. The lowest BCUT2D eigenvalue weighted by Crippen LogP contribution is -2.35. The van der Waals surface area contributed by atoms with E-state index in [9.17, 15) is 4.79 Å². The van der Waals surface area contributed by atoms with Crippen LogP contribution in [0.15, 0.2) is 5.03 Å². The van der Waals surface area contributed by atoms with Crippen LogP contribution >= 0.6 is 23.5 Å². The minimum atomic E-state index is -0.540. The van der Waals surface area contributed by atoms with E-state index in [0.717, 1.165) is 22.0 Å². The van der Waals surface area contributed by atoms with Crippen molar-refractivity contribution in [1.82, 2.24) is 9.78 Å². The number of aromatic nitrogens is 2. The SMILES string of the molecule is CCS[C@@H]1c2c(nn(C)c2SC)[C@@H](OC(C)C)O[C@@H]1COC(C)=O. The summed E-state index contributed by atoms with van der Waals surface area (Å²) in [6.07, 6.45) is 1.25. The fourth-order valence-electron chi connectivity index (χ4n) is 2.75. The van der Waals surface area contributed by atoms with Gasteiger partial charge in [0.25, 0.3) is 0 Å². The number of nitrogens with zero attached hydrogens (tertiary/aromatic N) is 2. The summed E-state index contributed by atoms with van der Waals surface area (Å²) in [5.74, 6) is 0.630. The minimum absolute atomic E-state index is 0.00680. The molecule has 0 bridgehead atoms. The van der Waals surface area contributed by atoms with Crippen LogP contribution in [0.1, 0.15) is 50.5 Å². The summed E-state index contributed by atoms with van der Waals surface area (Å²) >= 11 is 3.44. The topological polar surface area (TPSA) is 62.6 Å². The van der Waals surface area contributed by atoms with Crippen LogP contribution in [0.5, 0.6) is 0 Å². The Hall–Kier alpha value is -0.700. The average Bonchev–Trinajstić information content (AvgIpc) is 2.84. The summed E-state index contributed by atoms with van der Waals surface area (Å²) in [7, 11) is 1.94. The molecule has 0 aromatic carbocycles. The Kier molecular flexibility index (Phi) is 7.03. The third-order valence-electron chi connectivity index (χ3n) is 3.59. The van der Waals surface area contributed by atoms with E-state index < -0.39 is 6.29 Å². The molecule has 1 aromatic heterocycles. The monoisotopic (exact) mass is 374 g/mol. The number of carbonyl (C=O) groups excluding carboxylic acids is 1. The van der Waals surface area contributed by atoms with Crippen LogP contribution in [0.4, 0.5) is 0 Å². The first kappa shape index (κ1) is 19.6. The van der Waals surface area contributed by atoms with Gasteiger partial charge in [-0.25, -0.2) is 0 Å². The normalized spacial score (nSPS) is 23.4. The van der Waals surface area contributed by atoms with E-state index in [1.54, 1.807) is 23.5 Å². The van der Waals surface area contributed by atoms with Crippen LogP contribution in [0.2, 0.25) is 0 Å². The van der Waals surface area contributed by atoms with Gasteiger partial charge >= 0.3 is 5.97 Å². The van der Waals surface area contributed by atoms with E-state index in [2.05, 4.69) is 12.0 Å². The first-order chi connectivity index (χ1) is 11.4. The summed E-state index contributed by atoms with van der Waals surface area (Å²) < 4.78 is 19.2. The van der Waals surface area contributed by atoms with Gasteiger partial charge in [0.05, 0.1) is 16.4 Å². The summed E-state index contributed by atoms with van der Waals surface area (Å²) in [5, 5.41) is 5.81. The van der Waals surface area contributed by atoms with Gasteiger partial charge in [-0.15, -0.1) is 11.8 Å². The predicted octanol–water partition coefficient (Wildman–Crippen LogP) is 3.32. The zero-order valence-electron chi connectivity index (χ0n) is 15.1. The fraction of sp³-hybridized carbons (Fsp3) is 0.750. The van der Waals surface area contributed by atoms with Crippen molar-refractivity contribution in [3.8, 4) is 0 Å². The molecule has 0 radical (unpaired) electrons. The van der Waals surface area contributed by atoms with Gasteiger partial charge in [0.15, 0.2) is 0 Å². The van der Waals surface area contributed by atoms with Gasteiger partial charge in [-0.3, -0.25) is 9.48 Å². The Morgan fingerprint density at radius 1 is 1.46 bits per heavy atom. The van der Waals surface area contributed by atoms with Crippen LogP contribution in [0.3, 0.4) is 0 Å². The molecule has 2 heterocycles. The first-order valence-electron chi connectivity index (χ1n) is 8.05. The number of ether oxygens (including phenoxy) is 3. The molecule has 24 heavy (non-hydrogen) atoms. The molecular formula is C16H26N2O4S2. The van der Waals surface area contributed by atoms with Crippen LogP contribution in [0.25, 0.3) is 0 Å². The maximum Gasteiger partial charge on any atom is 0.302 e. The molecular weight excluding hydrogens is 348 g/mol. The van der Waals surface area contributed by atoms with Crippen molar-refractivity contribution in [2.24, 2.45) is 7.05 Å². The third-order valence-corrected chi connectivity index (χ3v) is 5.69. The second-order valence-corrected chi connectivity index (χ2v) is 8.02. The largest absolute Gasteiger partial charge is 0.463 e. The number of thioether (sulfide) groups is 2. The van der Waals surface area contributed by atoms with Crippen LogP contribution < -0.4 is 0 Å². The number of hydrogen-bond acceptors (Lipinski definition) is 7. The number of fused-ring (bicyclic) bond motifs is 1. The zero-order valence-corrected chi connectivity index (χ0v) is 16.7. The summed E-state index contributed by atoms with van der Waals surface area (Å²) in [5.41, 5.74) is 1.98. The Morgan fingerprint density at radius 2 is 2.17 bits per heavy atom. The van der Waals surface area contributed by atoms with E-state index in [0.29, 0.717) is 0 Å². The molecule has 1 aromatic rings. The molecule has 2 rings (SSSR count). The number of aryl methyl sites for hydroxylation is 1. The molecule has 0 unspecified atom stereocenters. The van der Waals surface area contributed by atoms with Crippen molar-refractivity contribution in [1.29, 1.82) is 0 Å². The van der Waals surface area contributed by atoms with Gasteiger partial charge in [-0.1, -0.05) is 6.92 Å². The van der Waals surface area contributed by atoms with Crippen molar-refractivity contribution in [2.45, 2.75) is 56.5 Å². The lowest BCUT2D eigenvalue weighted by Gasteiger charge is -2.35. The number of esters is 1. The number of carbonyl (C=O) groups is 1. The van der Waals surface area contributed by atoms with Gasteiger partial charge in [-0.2, -0.15) is 16.9 Å². The van der Waals surface area contributed by atoms with Gasteiger partial charge in [-0.05, 0) is 25.9 Å². The fourth-order valence-corrected chi connectivity index (χ4v) is 4.70. The molecule has 8 heteroatoms. The number of rotatable bonds is 7. The van der Waals surface area contributed by atoms with Gasteiger partial charge < -0.3 is 14.2 Å². The lowest BCUT2D eigenvalue weighted by atomic mass is 10.0. The quantitative estimate of drug-likeness (QED) is 0.536. The molecule has 1 aliphatic rings. The van der Waals surface area contributed by atoms with Gasteiger partial charge in [0, 0.05) is 19.5 Å². The standard InChI is InChI=1S/C16H26N2O4S2/c1-7-24-14-11(8-20-10(4)19)22-16(21-9(2)3)13-12(14)15(23-6)18(5)17-13/h9,11,14,16H,7-8H2,1-6H3/t11-,14+,16+/m1/s1. The van der Waals surface area contributed by atoms with E-state index in [1.165, 1.54) is 6.92 Å². The highest BCUT2D eigenvalue weighted by Crippen LogP contribution is 2.47. The second-order valence-electron chi connectivity index (χ2n) is 5.80. The highest BCUT2D eigenvalue weighted by Gasteiger charge is 2.42. The van der Waals surface area contributed by atoms with Gasteiger partial charge in [0.2, 0.25) is 6.29 Å². The molecule has 0 fully saturated rings. The molecule has 0 saturated carbocycles. The lowest BCUT2D eigenvalue weighted by molar-refractivity contribution is -0.212. The second kappa shape index (κ2) is 8.60. The van der Waals surface area contributed by atoms with E-state index in [1.807, 2.05) is 31.8 Å². The molecule has 3 atom stereocenters. The highest BCUT2D eigenvalue weighted by molar-refractivity contribution is 8.00. The molecule has 6 nitrogen and oxygen atoms in total. The Balaban J connectivity index is 2.43. The van der Waals surface area contributed by atoms with Crippen molar-refractivity contribution in [3.05, 3.63) is 11.3 Å². The van der Waals surface area contributed by atoms with E-state index in [4.69, 9.17) is 14.2 Å². The third kappa shape index (κ3) is 4.28. The van der Waals surface area contributed by atoms with E-state index >= 15 is 0 Å². The van der Waals surface area contributed by atoms with Crippen molar-refractivity contribution in [3.63, 3.8) is 0 Å². The van der Waals surface area contributed by atoms with E-state index in [-0.39, 0.29) is 30.0 Å². The minimum Gasteiger partial charge on any atom is -0.463 e. The molecule has 0 saturated heterocycles. The van der Waals surface area contributed by atoms with Gasteiger partial charge in [0.1, 0.15) is 18.4 Å². The average molecular weight is 375 g/mol. The van der Waals surface area contributed by atoms with Crippen molar-refractivity contribution in [2.75, 3.05) is 18.6 Å². The first-order valence-corrected chi connectivity index (χ1v) is 10.3. The Labute approximate surface area is 152 Å². The predicted molar refractivity (Wildman–Crippen MR) is 96.3 cm³/mol. The van der Waals surface area contributed by atoms with Crippen LogP contribution in [0, 0.1) is 0 Å². The summed E-state index contributed by atoms with van der Waals surface area (Å²) in [6.45, 7) is 7.67. The van der Waals surface area contributed by atoms with Crippen molar-refractivity contribution >= 4 is 29.5 Å². The number of hydrogen-bond donors (Lipinski definition) is 0. The van der Waals surface area contributed by atoms with Crippen molar-refractivity contribution < 1.29 is 19.0 Å². The molecule has 0 amide bonds. The molecule has 0 spiro atoms. The summed E-state index contributed by atoms with van der Waals surface area (Å²) in [6, 6.07) is 0. The highest BCUT2D eigenvalue weighted by atomic mass is 32.2. The van der Waals surface area contributed by atoms with Crippen LogP contribution in [-0.2, 0) is 26.1 Å². The summed E-state index contributed by atoms with van der Waals surface area (Å²) in [4.78, 5) is 11.2. The zero-order chi connectivity index (χ0) is 17.9.